The molecule has 1 aromatic rings. The molecule has 18 heavy (non-hydrogen) atoms. The number of hydrogen-bond donors (Lipinski definition) is 2. The van der Waals surface area contributed by atoms with Crippen LogP contribution in [0, 0.1) is 0 Å². The molecule has 0 amide bonds. The monoisotopic (exact) mass is 273 g/mol. The Morgan fingerprint density at radius 2 is 2.33 bits per heavy atom. The molecule has 0 aliphatic rings. The summed E-state index contributed by atoms with van der Waals surface area (Å²) in [5.41, 5.74) is -0.783. The van der Waals surface area contributed by atoms with Crippen molar-refractivity contribution in [2.45, 2.75) is 18.9 Å². The molecule has 2 N–H and O–H groups in total. The molecule has 100 valence electrons. The third-order valence-electron chi connectivity index (χ3n) is 2.43. The van der Waals surface area contributed by atoms with Crippen LogP contribution in [-0.4, -0.2) is 47.2 Å². The fraction of sp³-hybridized carbons (Fsp3) is 0.545. The lowest BCUT2D eigenvalue weighted by atomic mass is 10.0. The van der Waals surface area contributed by atoms with E-state index < -0.39 is 5.60 Å². The second-order valence-corrected chi connectivity index (χ2v) is 4.50. The molecule has 0 aliphatic heterocycles. The normalized spacial score (nSPS) is 14.0. The minimum absolute atomic E-state index is 0.0824. The third kappa shape index (κ3) is 4.21. The molecule has 0 aromatic carbocycles. The quantitative estimate of drug-likeness (QED) is 0.572. The van der Waals surface area contributed by atoms with Crippen LogP contribution in [0.4, 0.5) is 5.82 Å². The van der Waals surface area contributed by atoms with Gasteiger partial charge in [0.25, 0.3) is 0 Å². The van der Waals surface area contributed by atoms with Gasteiger partial charge in [-0.05, 0) is 6.92 Å². The molecule has 7 heteroatoms. The topological polar surface area (TPSA) is 84.3 Å². The van der Waals surface area contributed by atoms with Crippen LogP contribution in [0.25, 0.3) is 0 Å². The molecule has 0 radical (unpaired) electrons. The van der Waals surface area contributed by atoms with Crippen molar-refractivity contribution in [2.24, 2.45) is 0 Å². The number of hydrogen-bond acceptors (Lipinski definition) is 6. The van der Waals surface area contributed by atoms with E-state index in [1.165, 1.54) is 6.33 Å². The number of aliphatic hydroxyl groups is 1. The number of ether oxygens (including phenoxy) is 1. The van der Waals surface area contributed by atoms with E-state index in [1.54, 1.807) is 14.0 Å². The number of nitrogens with one attached hydrogen (secondary N) is 1. The van der Waals surface area contributed by atoms with Crippen LogP contribution in [0.5, 0.6) is 0 Å². The van der Waals surface area contributed by atoms with Crippen LogP contribution in [0.15, 0.2) is 6.33 Å². The molecule has 1 unspecified atom stereocenters. The molecule has 0 spiro atoms. The first-order chi connectivity index (χ1) is 8.50. The van der Waals surface area contributed by atoms with Crippen molar-refractivity contribution in [3.63, 3.8) is 0 Å². The van der Waals surface area contributed by atoms with Crippen LogP contribution in [-0.2, 0) is 4.74 Å². The predicted octanol–water partition coefficient (Wildman–Crippen LogP) is 1.14. The molecule has 6 nitrogen and oxygen atoms in total. The predicted molar refractivity (Wildman–Crippen MR) is 68.0 cm³/mol. The number of aromatic nitrogens is 2. The van der Waals surface area contributed by atoms with Crippen LogP contribution in [0.2, 0.25) is 5.15 Å². The first-order valence-electron chi connectivity index (χ1n) is 5.41. The minimum Gasteiger partial charge on any atom is -0.388 e. The second kappa shape index (κ2) is 6.63. The SMILES string of the molecule is COCCC(C)(O)CNc1ncnc(Cl)c1C=O. The zero-order valence-electron chi connectivity index (χ0n) is 10.3. The molecule has 0 saturated heterocycles. The van der Waals surface area contributed by atoms with E-state index in [0.717, 1.165) is 0 Å². The zero-order valence-corrected chi connectivity index (χ0v) is 11.1. The molecule has 1 aromatic heterocycles. The van der Waals surface area contributed by atoms with Gasteiger partial charge in [-0.15, -0.1) is 0 Å². The molecular weight excluding hydrogens is 258 g/mol. The lowest BCUT2D eigenvalue weighted by Gasteiger charge is -2.23. The summed E-state index contributed by atoms with van der Waals surface area (Å²) in [5.74, 6) is 0.308. The Labute approximate surface area is 110 Å². The van der Waals surface area contributed by atoms with Crippen LogP contribution in [0.3, 0.4) is 0 Å². The Morgan fingerprint density at radius 1 is 1.61 bits per heavy atom. The van der Waals surface area contributed by atoms with E-state index in [2.05, 4.69) is 15.3 Å². The Kier molecular flexibility index (Phi) is 5.46. The number of methoxy groups -OCH3 is 1. The molecule has 1 rings (SSSR count). The van der Waals surface area contributed by atoms with Gasteiger partial charge in [0.1, 0.15) is 17.3 Å². The number of nitrogens with zero attached hydrogens (tertiary/aromatic N) is 2. The Morgan fingerprint density at radius 3 is 2.94 bits per heavy atom. The molecule has 0 saturated carbocycles. The maximum absolute atomic E-state index is 10.9. The van der Waals surface area contributed by atoms with E-state index in [1.807, 2.05) is 0 Å². The highest BCUT2D eigenvalue weighted by Crippen LogP contribution is 2.18. The van der Waals surface area contributed by atoms with Gasteiger partial charge in [0.05, 0.1) is 11.2 Å². The molecule has 1 heterocycles. The average molecular weight is 274 g/mol. The van der Waals surface area contributed by atoms with Gasteiger partial charge in [0, 0.05) is 26.7 Å². The highest BCUT2D eigenvalue weighted by Gasteiger charge is 2.21. The molecule has 0 aliphatic carbocycles. The number of carbonyl (C=O) groups excluding carboxylic acids is 1. The van der Waals surface area contributed by atoms with Crippen LogP contribution in [0.1, 0.15) is 23.7 Å². The maximum Gasteiger partial charge on any atom is 0.156 e. The Bertz CT molecular complexity index is 413. The maximum atomic E-state index is 10.9. The van der Waals surface area contributed by atoms with Gasteiger partial charge in [0.2, 0.25) is 0 Å². The summed E-state index contributed by atoms with van der Waals surface area (Å²) in [6, 6.07) is 0. The van der Waals surface area contributed by atoms with Crippen molar-refractivity contribution in [3.05, 3.63) is 17.0 Å². The lowest BCUT2D eigenvalue weighted by Crippen LogP contribution is -2.35. The number of halogens is 1. The largest absolute Gasteiger partial charge is 0.388 e. The number of anilines is 1. The molecule has 0 fully saturated rings. The van der Waals surface area contributed by atoms with E-state index in [-0.39, 0.29) is 17.3 Å². The van der Waals surface area contributed by atoms with Crippen molar-refractivity contribution in [2.75, 3.05) is 25.6 Å². The summed E-state index contributed by atoms with van der Waals surface area (Å²) in [6.45, 7) is 2.34. The highest BCUT2D eigenvalue weighted by molar-refractivity contribution is 6.32. The van der Waals surface area contributed by atoms with Crippen LogP contribution >= 0.6 is 11.6 Å². The van der Waals surface area contributed by atoms with E-state index in [9.17, 15) is 9.90 Å². The summed E-state index contributed by atoms with van der Waals surface area (Å²) in [6.07, 6.45) is 2.29. The van der Waals surface area contributed by atoms with Crippen molar-refractivity contribution >= 4 is 23.7 Å². The summed E-state index contributed by atoms with van der Waals surface area (Å²) in [4.78, 5) is 18.5. The van der Waals surface area contributed by atoms with Crippen molar-refractivity contribution < 1.29 is 14.6 Å². The standard InChI is InChI=1S/C11H16ClN3O3/c1-11(17,3-4-18-2)6-13-10-8(5-16)9(12)14-7-15-10/h5,7,17H,3-4,6H2,1-2H3,(H,13,14,15). The van der Waals surface area contributed by atoms with Crippen molar-refractivity contribution in [1.29, 1.82) is 0 Å². The fourth-order valence-corrected chi connectivity index (χ4v) is 1.48. The van der Waals surface area contributed by atoms with Gasteiger partial charge < -0.3 is 15.2 Å². The van der Waals surface area contributed by atoms with Crippen LogP contribution < -0.4 is 5.32 Å². The van der Waals surface area contributed by atoms with Gasteiger partial charge in [-0.25, -0.2) is 9.97 Å². The highest BCUT2D eigenvalue weighted by atomic mass is 35.5. The number of carbonyl (C=O) groups is 1. The fourth-order valence-electron chi connectivity index (χ4n) is 1.30. The van der Waals surface area contributed by atoms with Gasteiger partial charge in [-0.3, -0.25) is 4.79 Å². The second-order valence-electron chi connectivity index (χ2n) is 4.14. The molecule has 1 atom stereocenters. The van der Waals surface area contributed by atoms with E-state index in [0.29, 0.717) is 25.1 Å². The minimum atomic E-state index is -0.965. The third-order valence-corrected chi connectivity index (χ3v) is 2.74. The van der Waals surface area contributed by atoms with Gasteiger partial charge >= 0.3 is 0 Å². The lowest BCUT2D eigenvalue weighted by molar-refractivity contribution is 0.0356. The number of rotatable bonds is 7. The van der Waals surface area contributed by atoms with Gasteiger partial charge in [-0.2, -0.15) is 0 Å². The average Bonchev–Trinajstić information content (AvgIpc) is 2.34. The first-order valence-corrected chi connectivity index (χ1v) is 5.79. The van der Waals surface area contributed by atoms with Crippen molar-refractivity contribution in [3.8, 4) is 0 Å². The molecule has 0 bridgehead atoms. The van der Waals surface area contributed by atoms with Crippen molar-refractivity contribution in [1.82, 2.24) is 9.97 Å². The zero-order chi connectivity index (χ0) is 13.6. The Hall–Kier alpha value is -1.24. The smallest absolute Gasteiger partial charge is 0.156 e. The van der Waals surface area contributed by atoms with E-state index in [4.69, 9.17) is 16.3 Å². The van der Waals surface area contributed by atoms with Gasteiger partial charge in [0.15, 0.2) is 6.29 Å². The molecular formula is C11H16ClN3O3. The van der Waals surface area contributed by atoms with Gasteiger partial charge in [-0.1, -0.05) is 11.6 Å². The summed E-state index contributed by atoms with van der Waals surface area (Å²) < 4.78 is 4.90. The summed E-state index contributed by atoms with van der Waals surface area (Å²) >= 11 is 5.76. The van der Waals surface area contributed by atoms with E-state index >= 15 is 0 Å². The summed E-state index contributed by atoms with van der Waals surface area (Å²) in [5, 5.41) is 13.0. The Balaban J connectivity index is 2.68. The first kappa shape index (κ1) is 14.8. The number of aldehydes is 1. The summed E-state index contributed by atoms with van der Waals surface area (Å²) in [7, 11) is 1.57.